The summed E-state index contributed by atoms with van der Waals surface area (Å²) in [7, 11) is 1.37. The zero-order valence-corrected chi connectivity index (χ0v) is 15.2. The van der Waals surface area contributed by atoms with Crippen molar-refractivity contribution in [2.45, 2.75) is 0 Å². The van der Waals surface area contributed by atoms with Crippen LogP contribution < -0.4 is 10.2 Å². The van der Waals surface area contributed by atoms with E-state index in [0.29, 0.717) is 42.5 Å². The molecule has 2 aromatic rings. The molecule has 7 heteroatoms. The minimum atomic E-state index is -0.354. The largest absolute Gasteiger partial charge is 0.465 e. The fourth-order valence-corrected chi connectivity index (χ4v) is 2.98. The molecule has 1 fully saturated rings. The van der Waals surface area contributed by atoms with Crippen molar-refractivity contribution in [2.75, 3.05) is 43.5 Å². The number of anilines is 2. The Morgan fingerprint density at radius 1 is 1.04 bits per heavy atom. The van der Waals surface area contributed by atoms with Crippen LogP contribution in [0.1, 0.15) is 10.4 Å². The van der Waals surface area contributed by atoms with Gasteiger partial charge in [-0.25, -0.2) is 9.59 Å². The summed E-state index contributed by atoms with van der Waals surface area (Å²) in [4.78, 5) is 28.0. The number of hydrogen-bond donors (Lipinski definition) is 1. The lowest BCUT2D eigenvalue weighted by molar-refractivity contribution is 0.0600. The first-order chi connectivity index (χ1) is 12.6. The van der Waals surface area contributed by atoms with E-state index in [1.807, 2.05) is 18.2 Å². The first-order valence-corrected chi connectivity index (χ1v) is 8.69. The van der Waals surface area contributed by atoms with Gasteiger partial charge < -0.3 is 19.9 Å². The number of esters is 1. The highest BCUT2D eigenvalue weighted by molar-refractivity contribution is 6.30. The van der Waals surface area contributed by atoms with Gasteiger partial charge in [0.1, 0.15) is 0 Å². The minimum Gasteiger partial charge on any atom is -0.465 e. The topological polar surface area (TPSA) is 61.9 Å². The van der Waals surface area contributed by atoms with Crippen molar-refractivity contribution in [1.29, 1.82) is 0 Å². The summed E-state index contributed by atoms with van der Waals surface area (Å²) in [5, 5.41) is 3.50. The van der Waals surface area contributed by atoms with E-state index in [1.165, 1.54) is 7.11 Å². The Kier molecular flexibility index (Phi) is 5.63. The maximum atomic E-state index is 12.4. The van der Waals surface area contributed by atoms with Crippen molar-refractivity contribution in [2.24, 2.45) is 0 Å². The summed E-state index contributed by atoms with van der Waals surface area (Å²) < 4.78 is 4.76. The third-order valence-electron chi connectivity index (χ3n) is 4.29. The standard InChI is InChI=1S/C19H20ClN3O3/c1-26-18(24)14-3-2-4-17(13-14)22-9-11-23(12-10-22)19(25)21-16-7-5-15(20)6-8-16/h2-8,13H,9-12H2,1H3,(H,21,25). The molecule has 6 nitrogen and oxygen atoms in total. The van der Waals surface area contributed by atoms with Crippen LogP contribution >= 0.6 is 11.6 Å². The van der Waals surface area contributed by atoms with Crippen LogP contribution in [-0.2, 0) is 4.74 Å². The number of benzene rings is 2. The Balaban J connectivity index is 1.58. The number of urea groups is 1. The van der Waals surface area contributed by atoms with Crippen molar-refractivity contribution in [3.63, 3.8) is 0 Å². The predicted molar refractivity (Wildman–Crippen MR) is 102 cm³/mol. The zero-order chi connectivity index (χ0) is 18.5. The first kappa shape index (κ1) is 18.1. The monoisotopic (exact) mass is 373 g/mol. The van der Waals surface area contributed by atoms with E-state index in [4.69, 9.17) is 16.3 Å². The molecule has 0 aliphatic carbocycles. The van der Waals surface area contributed by atoms with E-state index in [0.717, 1.165) is 5.69 Å². The molecule has 1 N–H and O–H groups in total. The van der Waals surface area contributed by atoms with E-state index in [1.54, 1.807) is 35.2 Å². The molecule has 1 heterocycles. The predicted octanol–water partition coefficient (Wildman–Crippen LogP) is 3.48. The first-order valence-electron chi connectivity index (χ1n) is 8.31. The van der Waals surface area contributed by atoms with Crippen molar-refractivity contribution in [1.82, 2.24) is 4.90 Å². The molecule has 1 saturated heterocycles. The number of methoxy groups -OCH3 is 1. The quantitative estimate of drug-likeness (QED) is 0.837. The lowest BCUT2D eigenvalue weighted by atomic mass is 10.1. The number of halogens is 1. The molecule has 1 aliphatic heterocycles. The number of nitrogens with zero attached hydrogens (tertiary/aromatic N) is 2. The number of amides is 2. The van der Waals surface area contributed by atoms with Crippen molar-refractivity contribution in [3.8, 4) is 0 Å². The van der Waals surface area contributed by atoms with Gasteiger partial charge in [0.25, 0.3) is 0 Å². The molecule has 2 amide bonds. The lowest BCUT2D eigenvalue weighted by Crippen LogP contribution is -2.50. The molecule has 0 aromatic heterocycles. The van der Waals surface area contributed by atoms with Crippen molar-refractivity contribution < 1.29 is 14.3 Å². The van der Waals surface area contributed by atoms with Crippen LogP contribution in [-0.4, -0.2) is 50.2 Å². The van der Waals surface area contributed by atoms with Crippen molar-refractivity contribution >= 4 is 35.0 Å². The van der Waals surface area contributed by atoms with Crippen LogP contribution in [0.2, 0.25) is 5.02 Å². The number of rotatable bonds is 3. The summed E-state index contributed by atoms with van der Waals surface area (Å²) in [5.74, 6) is -0.354. The second-order valence-corrected chi connectivity index (χ2v) is 6.39. The number of piperazine rings is 1. The third kappa shape index (κ3) is 4.26. The van der Waals surface area contributed by atoms with Gasteiger partial charge in [0, 0.05) is 42.6 Å². The van der Waals surface area contributed by atoms with Gasteiger partial charge in [-0.05, 0) is 42.5 Å². The van der Waals surface area contributed by atoms with Crippen LogP contribution in [0, 0.1) is 0 Å². The molecule has 136 valence electrons. The minimum absolute atomic E-state index is 0.129. The normalized spacial score (nSPS) is 14.1. The number of ether oxygens (including phenoxy) is 1. The molecule has 2 aromatic carbocycles. The van der Waals surface area contributed by atoms with E-state index < -0.39 is 0 Å². The molecule has 1 aliphatic rings. The second kappa shape index (κ2) is 8.10. The zero-order valence-electron chi connectivity index (χ0n) is 14.4. The van der Waals surface area contributed by atoms with E-state index in [2.05, 4.69) is 10.2 Å². The molecule has 0 spiro atoms. The van der Waals surface area contributed by atoms with Crippen LogP contribution in [0.15, 0.2) is 48.5 Å². The van der Waals surface area contributed by atoms with Crippen LogP contribution in [0.25, 0.3) is 0 Å². The Morgan fingerprint density at radius 3 is 2.38 bits per heavy atom. The lowest BCUT2D eigenvalue weighted by Gasteiger charge is -2.36. The third-order valence-corrected chi connectivity index (χ3v) is 4.55. The molecule has 0 saturated carbocycles. The van der Waals surface area contributed by atoms with Gasteiger partial charge in [0.05, 0.1) is 12.7 Å². The van der Waals surface area contributed by atoms with Crippen molar-refractivity contribution in [3.05, 3.63) is 59.1 Å². The Hall–Kier alpha value is -2.73. The molecule has 0 bridgehead atoms. The molecule has 3 rings (SSSR count). The van der Waals surface area contributed by atoms with Crippen LogP contribution in [0.5, 0.6) is 0 Å². The maximum Gasteiger partial charge on any atom is 0.337 e. The summed E-state index contributed by atoms with van der Waals surface area (Å²) >= 11 is 5.85. The summed E-state index contributed by atoms with van der Waals surface area (Å²) in [6.07, 6.45) is 0. The van der Waals surface area contributed by atoms with Gasteiger partial charge in [0.15, 0.2) is 0 Å². The smallest absolute Gasteiger partial charge is 0.337 e. The van der Waals surface area contributed by atoms with Gasteiger partial charge in [-0.3, -0.25) is 0 Å². The number of hydrogen-bond acceptors (Lipinski definition) is 4. The average Bonchev–Trinajstić information content (AvgIpc) is 2.69. The molecule has 0 atom stereocenters. The van der Waals surface area contributed by atoms with E-state index in [-0.39, 0.29) is 12.0 Å². The van der Waals surface area contributed by atoms with Crippen LogP contribution in [0.3, 0.4) is 0 Å². The fraction of sp³-hybridized carbons (Fsp3) is 0.263. The van der Waals surface area contributed by atoms with Gasteiger partial charge in [-0.1, -0.05) is 17.7 Å². The highest BCUT2D eigenvalue weighted by Crippen LogP contribution is 2.19. The Morgan fingerprint density at radius 2 is 1.73 bits per heavy atom. The summed E-state index contributed by atoms with van der Waals surface area (Å²) in [5.41, 5.74) is 2.19. The molecule has 0 radical (unpaired) electrons. The van der Waals surface area contributed by atoms with Gasteiger partial charge in [-0.15, -0.1) is 0 Å². The fourth-order valence-electron chi connectivity index (χ4n) is 2.85. The Bertz CT molecular complexity index is 787. The van der Waals surface area contributed by atoms with E-state index in [9.17, 15) is 9.59 Å². The SMILES string of the molecule is COC(=O)c1cccc(N2CCN(C(=O)Nc3ccc(Cl)cc3)CC2)c1. The van der Waals surface area contributed by atoms with E-state index >= 15 is 0 Å². The maximum absolute atomic E-state index is 12.4. The van der Waals surface area contributed by atoms with Gasteiger partial charge in [0.2, 0.25) is 0 Å². The Labute approximate surface area is 157 Å². The second-order valence-electron chi connectivity index (χ2n) is 5.95. The molecular formula is C19H20ClN3O3. The average molecular weight is 374 g/mol. The van der Waals surface area contributed by atoms with Gasteiger partial charge in [-0.2, -0.15) is 0 Å². The summed E-state index contributed by atoms with van der Waals surface area (Å²) in [6, 6.07) is 14.2. The highest BCUT2D eigenvalue weighted by Gasteiger charge is 2.22. The molecule has 0 unspecified atom stereocenters. The molecular weight excluding hydrogens is 354 g/mol. The van der Waals surface area contributed by atoms with Crippen LogP contribution in [0.4, 0.5) is 16.2 Å². The number of nitrogens with one attached hydrogen (secondary N) is 1. The summed E-state index contributed by atoms with van der Waals surface area (Å²) in [6.45, 7) is 2.58. The number of carbonyl (C=O) groups is 2. The highest BCUT2D eigenvalue weighted by atomic mass is 35.5. The number of carbonyl (C=O) groups excluding carboxylic acids is 2. The van der Waals surface area contributed by atoms with Gasteiger partial charge >= 0.3 is 12.0 Å². The molecule has 26 heavy (non-hydrogen) atoms.